The van der Waals surface area contributed by atoms with Crippen molar-refractivity contribution >= 4 is 21.9 Å². The van der Waals surface area contributed by atoms with E-state index in [0.717, 1.165) is 33.2 Å². The predicted octanol–water partition coefficient (Wildman–Crippen LogP) is 4.04. The fourth-order valence-corrected chi connectivity index (χ4v) is 2.43. The summed E-state index contributed by atoms with van der Waals surface area (Å²) in [5.41, 5.74) is 3.69. The van der Waals surface area contributed by atoms with Gasteiger partial charge in [-0.3, -0.25) is 0 Å². The highest BCUT2D eigenvalue weighted by Gasteiger charge is 2.12. The number of nitrogens with zero attached hydrogens (tertiary/aromatic N) is 2. The van der Waals surface area contributed by atoms with Gasteiger partial charge in [0.1, 0.15) is 11.2 Å². The van der Waals surface area contributed by atoms with Gasteiger partial charge in [-0.25, -0.2) is 0 Å². The van der Waals surface area contributed by atoms with E-state index in [1.54, 1.807) is 6.20 Å². The van der Waals surface area contributed by atoms with E-state index in [1.165, 1.54) is 0 Å². The van der Waals surface area contributed by atoms with Crippen LogP contribution >= 0.6 is 0 Å². The molecule has 0 atom stereocenters. The number of benzene rings is 2. The molecule has 2 aromatic carbocycles. The lowest BCUT2D eigenvalue weighted by Crippen LogP contribution is -1.86. The van der Waals surface area contributed by atoms with E-state index in [2.05, 4.69) is 16.3 Å². The number of fused-ring (bicyclic) bond motifs is 3. The number of furan rings is 1. The molecule has 2 heterocycles. The fraction of sp³-hybridized carbons (Fsp3) is 0. The third-order valence-electron chi connectivity index (χ3n) is 3.25. The molecular weight excluding hydrogens is 236 g/mol. The molecule has 0 fully saturated rings. The van der Waals surface area contributed by atoms with Crippen LogP contribution in [0.15, 0.2) is 65.2 Å². The molecule has 2 aromatic heterocycles. The van der Waals surface area contributed by atoms with E-state index < -0.39 is 0 Å². The fourth-order valence-electron chi connectivity index (χ4n) is 2.43. The van der Waals surface area contributed by atoms with E-state index in [4.69, 9.17) is 4.42 Å². The van der Waals surface area contributed by atoms with Crippen LogP contribution < -0.4 is 0 Å². The molecule has 19 heavy (non-hydrogen) atoms. The first-order valence-corrected chi connectivity index (χ1v) is 6.12. The number of para-hydroxylation sites is 1. The molecular formula is C16H10N2O. The van der Waals surface area contributed by atoms with E-state index in [-0.39, 0.29) is 0 Å². The highest BCUT2D eigenvalue weighted by molar-refractivity contribution is 6.11. The van der Waals surface area contributed by atoms with Gasteiger partial charge in [-0.1, -0.05) is 30.3 Å². The van der Waals surface area contributed by atoms with E-state index >= 15 is 0 Å². The first-order valence-electron chi connectivity index (χ1n) is 6.12. The Labute approximate surface area is 109 Å². The summed E-state index contributed by atoms with van der Waals surface area (Å²) in [5.74, 6) is 0. The first kappa shape index (κ1) is 10.3. The quantitative estimate of drug-likeness (QED) is 0.508. The monoisotopic (exact) mass is 246 g/mol. The van der Waals surface area contributed by atoms with Crippen molar-refractivity contribution in [3.63, 3.8) is 0 Å². The van der Waals surface area contributed by atoms with Gasteiger partial charge in [0, 0.05) is 22.5 Å². The van der Waals surface area contributed by atoms with Gasteiger partial charge in [-0.05, 0) is 24.3 Å². The maximum atomic E-state index is 5.87. The molecule has 4 rings (SSSR count). The van der Waals surface area contributed by atoms with Crippen molar-refractivity contribution in [2.75, 3.05) is 0 Å². The lowest BCUT2D eigenvalue weighted by molar-refractivity contribution is 0.669. The molecule has 3 heteroatoms. The molecule has 0 saturated carbocycles. The smallest absolute Gasteiger partial charge is 0.136 e. The molecule has 0 radical (unpaired) electrons. The van der Waals surface area contributed by atoms with Crippen molar-refractivity contribution in [2.45, 2.75) is 0 Å². The second kappa shape index (κ2) is 3.92. The highest BCUT2D eigenvalue weighted by Crippen LogP contribution is 2.35. The van der Waals surface area contributed by atoms with Crippen molar-refractivity contribution in [3.05, 3.63) is 60.8 Å². The van der Waals surface area contributed by atoms with Crippen molar-refractivity contribution in [1.29, 1.82) is 0 Å². The van der Waals surface area contributed by atoms with Crippen LogP contribution in [0.2, 0.25) is 0 Å². The summed E-state index contributed by atoms with van der Waals surface area (Å²) >= 11 is 0. The predicted molar refractivity (Wildman–Crippen MR) is 74.7 cm³/mol. The van der Waals surface area contributed by atoms with Gasteiger partial charge < -0.3 is 4.42 Å². The third-order valence-corrected chi connectivity index (χ3v) is 3.25. The Bertz CT molecular complexity index is 866. The normalized spacial score (nSPS) is 11.2. The molecule has 0 amide bonds. The minimum atomic E-state index is 0.861. The summed E-state index contributed by atoms with van der Waals surface area (Å²) in [7, 11) is 0. The van der Waals surface area contributed by atoms with Crippen LogP contribution in [0.3, 0.4) is 0 Å². The average Bonchev–Trinajstić information content (AvgIpc) is 2.86. The largest absolute Gasteiger partial charge is 0.456 e. The third kappa shape index (κ3) is 1.52. The van der Waals surface area contributed by atoms with Gasteiger partial charge in [-0.2, -0.15) is 10.2 Å². The Balaban J connectivity index is 2.17. The van der Waals surface area contributed by atoms with Crippen LogP contribution in [0.25, 0.3) is 33.2 Å². The summed E-state index contributed by atoms with van der Waals surface area (Å²) in [6, 6.07) is 17.9. The zero-order valence-electron chi connectivity index (χ0n) is 10.1. The van der Waals surface area contributed by atoms with Crippen molar-refractivity contribution in [1.82, 2.24) is 10.2 Å². The molecule has 0 aliphatic heterocycles. The minimum Gasteiger partial charge on any atom is -0.456 e. The number of hydrogen-bond donors (Lipinski definition) is 0. The van der Waals surface area contributed by atoms with Crippen LogP contribution in [0, 0.1) is 0 Å². The standard InChI is InChI=1S/C16H10N2O/c1-2-8-14-12(5-1)16-11(6-3-9-15(16)19-14)13-7-4-10-17-18-13/h1-10H. The van der Waals surface area contributed by atoms with Gasteiger partial charge in [-0.15, -0.1) is 0 Å². The minimum absolute atomic E-state index is 0.861. The first-order chi connectivity index (χ1) is 9.43. The molecule has 0 unspecified atom stereocenters. The van der Waals surface area contributed by atoms with E-state index in [0.29, 0.717) is 0 Å². The van der Waals surface area contributed by atoms with Crippen LogP contribution in [-0.4, -0.2) is 10.2 Å². The van der Waals surface area contributed by atoms with Gasteiger partial charge in [0.15, 0.2) is 0 Å². The Morgan fingerprint density at radius 2 is 1.68 bits per heavy atom. The van der Waals surface area contributed by atoms with Crippen LogP contribution in [0.4, 0.5) is 0 Å². The van der Waals surface area contributed by atoms with Crippen LogP contribution in [-0.2, 0) is 0 Å². The summed E-state index contributed by atoms with van der Waals surface area (Å²) < 4.78 is 5.87. The van der Waals surface area contributed by atoms with Gasteiger partial charge >= 0.3 is 0 Å². The van der Waals surface area contributed by atoms with Gasteiger partial charge in [0.05, 0.1) is 5.69 Å². The van der Waals surface area contributed by atoms with E-state index in [1.807, 2.05) is 48.5 Å². The molecule has 0 aliphatic rings. The lowest BCUT2D eigenvalue weighted by Gasteiger charge is -2.01. The zero-order chi connectivity index (χ0) is 12.7. The maximum Gasteiger partial charge on any atom is 0.136 e. The molecule has 0 spiro atoms. The summed E-state index contributed by atoms with van der Waals surface area (Å²) in [6.07, 6.45) is 1.68. The van der Waals surface area contributed by atoms with Gasteiger partial charge in [0.2, 0.25) is 0 Å². The van der Waals surface area contributed by atoms with Crippen molar-refractivity contribution in [3.8, 4) is 11.3 Å². The Morgan fingerprint density at radius 3 is 2.58 bits per heavy atom. The Morgan fingerprint density at radius 1 is 0.789 bits per heavy atom. The second-order valence-electron chi connectivity index (χ2n) is 4.39. The van der Waals surface area contributed by atoms with Crippen LogP contribution in [0.1, 0.15) is 0 Å². The summed E-state index contributed by atoms with van der Waals surface area (Å²) in [5, 5.41) is 10.4. The second-order valence-corrected chi connectivity index (χ2v) is 4.39. The Kier molecular flexibility index (Phi) is 2.12. The summed E-state index contributed by atoms with van der Waals surface area (Å²) in [6.45, 7) is 0. The van der Waals surface area contributed by atoms with Crippen LogP contribution in [0.5, 0.6) is 0 Å². The number of rotatable bonds is 1. The zero-order valence-corrected chi connectivity index (χ0v) is 10.1. The molecule has 0 bridgehead atoms. The van der Waals surface area contributed by atoms with Crippen molar-refractivity contribution < 1.29 is 4.42 Å². The highest BCUT2D eigenvalue weighted by atomic mass is 16.3. The lowest BCUT2D eigenvalue weighted by atomic mass is 10.0. The molecule has 0 aliphatic carbocycles. The van der Waals surface area contributed by atoms with Crippen molar-refractivity contribution in [2.24, 2.45) is 0 Å². The number of hydrogen-bond acceptors (Lipinski definition) is 3. The number of aromatic nitrogens is 2. The topological polar surface area (TPSA) is 38.9 Å². The van der Waals surface area contributed by atoms with E-state index in [9.17, 15) is 0 Å². The maximum absolute atomic E-state index is 5.87. The summed E-state index contributed by atoms with van der Waals surface area (Å²) in [4.78, 5) is 0. The SMILES string of the molecule is c1cnnc(-c2cccc3oc4ccccc4c23)c1. The molecule has 0 N–H and O–H groups in total. The molecule has 90 valence electrons. The molecule has 3 nitrogen and oxygen atoms in total. The molecule has 0 saturated heterocycles. The average molecular weight is 246 g/mol. The Hall–Kier alpha value is -2.68. The molecule has 4 aromatic rings. The van der Waals surface area contributed by atoms with Gasteiger partial charge in [0.25, 0.3) is 0 Å².